The molecule has 0 unspecified atom stereocenters. The number of nitrogens with one attached hydrogen (secondary N) is 1. The molecule has 7 heteroatoms. The lowest BCUT2D eigenvalue weighted by atomic mass is 10.1. The summed E-state index contributed by atoms with van der Waals surface area (Å²) in [5.41, 5.74) is 2.13. The highest BCUT2D eigenvalue weighted by molar-refractivity contribution is 5.78. The number of aromatic nitrogens is 2. The van der Waals surface area contributed by atoms with Crippen LogP contribution in [0.3, 0.4) is 0 Å². The van der Waals surface area contributed by atoms with Gasteiger partial charge in [0.2, 0.25) is 5.91 Å². The molecule has 2 heterocycles. The van der Waals surface area contributed by atoms with E-state index in [1.165, 1.54) is 4.57 Å². The van der Waals surface area contributed by atoms with Gasteiger partial charge in [0.25, 0.3) is 5.56 Å². The molecule has 4 rings (SSSR count). The zero-order valence-corrected chi connectivity index (χ0v) is 18.6. The van der Waals surface area contributed by atoms with Crippen LogP contribution in [0, 0.1) is 6.92 Å². The van der Waals surface area contributed by atoms with Crippen molar-refractivity contribution in [3.8, 4) is 0 Å². The molecule has 4 aromatic rings. The van der Waals surface area contributed by atoms with Crippen LogP contribution in [-0.4, -0.2) is 15.0 Å². The van der Waals surface area contributed by atoms with Crippen molar-refractivity contribution in [2.24, 2.45) is 0 Å². The summed E-state index contributed by atoms with van der Waals surface area (Å²) in [5, 5.41) is 3.32. The van der Waals surface area contributed by atoms with E-state index < -0.39 is 0 Å². The minimum Gasteiger partial charge on any atom is -0.467 e. The van der Waals surface area contributed by atoms with Gasteiger partial charge in [0.15, 0.2) is 0 Å². The molecule has 0 saturated heterocycles. The van der Waals surface area contributed by atoms with Gasteiger partial charge >= 0.3 is 5.69 Å². The number of carbonyl (C=O) groups excluding carboxylic acids is 1. The number of amides is 1. The highest BCUT2D eigenvalue weighted by Crippen LogP contribution is 2.13. The first-order valence-electron chi connectivity index (χ1n) is 11.1. The molecule has 0 aliphatic rings. The van der Waals surface area contributed by atoms with Gasteiger partial charge in [0.1, 0.15) is 5.76 Å². The zero-order chi connectivity index (χ0) is 23.2. The fourth-order valence-corrected chi connectivity index (χ4v) is 3.92. The number of rotatable bonds is 9. The second-order valence-corrected chi connectivity index (χ2v) is 8.08. The number of aryl methyl sites for hydroxylation is 1. The number of hydrogen-bond acceptors (Lipinski definition) is 4. The Morgan fingerprint density at radius 2 is 1.73 bits per heavy atom. The molecule has 170 valence electrons. The van der Waals surface area contributed by atoms with E-state index in [0.29, 0.717) is 49.0 Å². The van der Waals surface area contributed by atoms with Crippen molar-refractivity contribution in [3.63, 3.8) is 0 Å². The van der Waals surface area contributed by atoms with E-state index in [1.807, 2.05) is 43.3 Å². The van der Waals surface area contributed by atoms with Crippen LogP contribution in [0.4, 0.5) is 0 Å². The molecule has 0 bridgehead atoms. The number of furan rings is 1. The van der Waals surface area contributed by atoms with E-state index in [0.717, 1.165) is 11.1 Å². The highest BCUT2D eigenvalue weighted by Gasteiger charge is 2.14. The molecule has 1 amide bonds. The fraction of sp³-hybridized carbons (Fsp3) is 0.269. The molecular formula is C26H27N3O4. The maximum atomic E-state index is 13.3. The molecule has 0 saturated carbocycles. The Labute approximate surface area is 191 Å². The smallest absolute Gasteiger partial charge is 0.331 e. The SMILES string of the molecule is Cc1ccccc1Cn1c(=O)n(CCCCC(=O)NCc2ccco2)c(=O)c2ccccc21. The molecule has 7 nitrogen and oxygen atoms in total. The van der Waals surface area contributed by atoms with Crippen LogP contribution in [-0.2, 0) is 24.4 Å². The molecule has 0 aliphatic heterocycles. The lowest BCUT2D eigenvalue weighted by molar-refractivity contribution is -0.121. The first-order chi connectivity index (χ1) is 16.0. The van der Waals surface area contributed by atoms with E-state index in [2.05, 4.69) is 5.32 Å². The van der Waals surface area contributed by atoms with E-state index in [-0.39, 0.29) is 23.7 Å². The zero-order valence-electron chi connectivity index (χ0n) is 18.6. The van der Waals surface area contributed by atoms with Crippen molar-refractivity contribution in [1.29, 1.82) is 0 Å². The molecule has 0 aliphatic carbocycles. The lowest BCUT2D eigenvalue weighted by Gasteiger charge is -2.15. The molecule has 33 heavy (non-hydrogen) atoms. The molecule has 0 fully saturated rings. The van der Waals surface area contributed by atoms with E-state index >= 15 is 0 Å². The Morgan fingerprint density at radius 1 is 0.939 bits per heavy atom. The monoisotopic (exact) mass is 445 g/mol. The first-order valence-corrected chi connectivity index (χ1v) is 11.1. The minimum absolute atomic E-state index is 0.0887. The number of benzene rings is 2. The van der Waals surface area contributed by atoms with Gasteiger partial charge in [-0.05, 0) is 55.2 Å². The third-order valence-electron chi connectivity index (χ3n) is 5.80. The van der Waals surface area contributed by atoms with Crippen molar-refractivity contribution >= 4 is 16.8 Å². The van der Waals surface area contributed by atoms with Crippen molar-refractivity contribution in [3.05, 3.63) is 105 Å². The molecule has 2 aromatic carbocycles. The molecule has 0 spiro atoms. The summed E-state index contributed by atoms with van der Waals surface area (Å²) in [7, 11) is 0. The van der Waals surface area contributed by atoms with Crippen LogP contribution in [0.1, 0.15) is 36.1 Å². The number of carbonyl (C=O) groups is 1. The van der Waals surface area contributed by atoms with E-state index in [9.17, 15) is 14.4 Å². The number of unbranched alkanes of at least 4 members (excludes halogenated alkanes) is 1. The van der Waals surface area contributed by atoms with Crippen LogP contribution in [0.25, 0.3) is 10.9 Å². The maximum Gasteiger partial charge on any atom is 0.331 e. The average Bonchev–Trinajstić information content (AvgIpc) is 3.35. The van der Waals surface area contributed by atoms with Gasteiger partial charge < -0.3 is 9.73 Å². The summed E-state index contributed by atoms with van der Waals surface area (Å²) in [5.74, 6) is 0.606. The number of fused-ring (bicyclic) bond motifs is 1. The van der Waals surface area contributed by atoms with Crippen molar-refractivity contribution in [2.45, 2.75) is 45.8 Å². The van der Waals surface area contributed by atoms with E-state index in [4.69, 9.17) is 4.42 Å². The fourth-order valence-electron chi connectivity index (χ4n) is 3.92. The van der Waals surface area contributed by atoms with Crippen LogP contribution in [0.2, 0.25) is 0 Å². The molecule has 1 N–H and O–H groups in total. The molecule has 0 radical (unpaired) electrons. The van der Waals surface area contributed by atoms with Crippen molar-refractivity contribution in [2.75, 3.05) is 0 Å². The second kappa shape index (κ2) is 10.2. The second-order valence-electron chi connectivity index (χ2n) is 8.08. The van der Waals surface area contributed by atoms with Crippen LogP contribution in [0.5, 0.6) is 0 Å². The van der Waals surface area contributed by atoms with Gasteiger partial charge in [-0.15, -0.1) is 0 Å². The first kappa shape index (κ1) is 22.3. The predicted molar refractivity (Wildman–Crippen MR) is 127 cm³/mol. The van der Waals surface area contributed by atoms with Gasteiger partial charge in [0.05, 0.1) is 30.3 Å². The summed E-state index contributed by atoms with van der Waals surface area (Å²) in [6.07, 6.45) is 3.00. The summed E-state index contributed by atoms with van der Waals surface area (Å²) in [4.78, 5) is 38.4. The molecule has 0 atom stereocenters. The van der Waals surface area contributed by atoms with Crippen LogP contribution >= 0.6 is 0 Å². The third-order valence-corrected chi connectivity index (χ3v) is 5.80. The number of hydrogen-bond donors (Lipinski definition) is 1. The third kappa shape index (κ3) is 5.14. The average molecular weight is 446 g/mol. The Morgan fingerprint density at radius 3 is 2.52 bits per heavy atom. The van der Waals surface area contributed by atoms with Gasteiger partial charge in [-0.25, -0.2) is 4.79 Å². The van der Waals surface area contributed by atoms with Gasteiger partial charge in [0, 0.05) is 13.0 Å². The Hall–Kier alpha value is -3.87. The number of nitrogens with zero attached hydrogens (tertiary/aromatic N) is 2. The Bertz CT molecular complexity index is 1370. The largest absolute Gasteiger partial charge is 0.467 e. The standard InChI is InChI=1S/C26H27N3O4/c1-19-9-2-3-10-20(19)18-29-23-13-5-4-12-22(23)25(31)28(26(29)32)15-7-6-14-24(30)27-17-21-11-8-16-33-21/h2-5,8-13,16H,6-7,14-15,17-18H2,1H3,(H,27,30). The van der Waals surface area contributed by atoms with Crippen molar-refractivity contribution in [1.82, 2.24) is 14.5 Å². The van der Waals surface area contributed by atoms with E-state index in [1.54, 1.807) is 35.1 Å². The normalized spacial score (nSPS) is 11.1. The minimum atomic E-state index is -0.329. The maximum absolute atomic E-state index is 13.3. The van der Waals surface area contributed by atoms with Gasteiger partial charge in [-0.3, -0.25) is 18.7 Å². The summed E-state index contributed by atoms with van der Waals surface area (Å²) >= 11 is 0. The van der Waals surface area contributed by atoms with Crippen LogP contribution in [0.15, 0.2) is 80.9 Å². The highest BCUT2D eigenvalue weighted by atomic mass is 16.3. The predicted octanol–water partition coefficient (Wildman–Crippen LogP) is 3.60. The molecule has 2 aromatic heterocycles. The summed E-state index contributed by atoms with van der Waals surface area (Å²) in [6, 6.07) is 18.7. The summed E-state index contributed by atoms with van der Waals surface area (Å²) in [6.45, 7) is 3.01. The summed E-state index contributed by atoms with van der Waals surface area (Å²) < 4.78 is 8.15. The quantitative estimate of drug-likeness (QED) is 0.399. The van der Waals surface area contributed by atoms with Crippen LogP contribution < -0.4 is 16.6 Å². The van der Waals surface area contributed by atoms with Gasteiger partial charge in [-0.2, -0.15) is 0 Å². The Kier molecular flexibility index (Phi) is 6.88. The van der Waals surface area contributed by atoms with Crippen molar-refractivity contribution < 1.29 is 9.21 Å². The lowest BCUT2D eigenvalue weighted by Crippen LogP contribution is -2.40. The van der Waals surface area contributed by atoms with Gasteiger partial charge in [-0.1, -0.05) is 36.4 Å². The molecular weight excluding hydrogens is 418 g/mol. The topological polar surface area (TPSA) is 86.2 Å². The number of para-hydroxylation sites is 1. The Balaban J connectivity index is 1.49.